The van der Waals surface area contributed by atoms with Crippen LogP contribution in [0.2, 0.25) is 5.02 Å². The van der Waals surface area contributed by atoms with Crippen LogP contribution in [0.25, 0.3) is 0 Å². The molecular formula is C11H10ClNO2S. The second-order valence-corrected chi connectivity index (χ2v) is 3.94. The minimum Gasteiger partial charge on any atom is -0.466 e. The fraction of sp³-hybridized carbons (Fsp3) is 0.273. The fourth-order valence-corrected chi connectivity index (χ4v) is 1.60. The highest BCUT2D eigenvalue weighted by molar-refractivity contribution is 7.80. The molecule has 0 spiro atoms. The van der Waals surface area contributed by atoms with Crippen LogP contribution in [0.1, 0.15) is 18.1 Å². The van der Waals surface area contributed by atoms with E-state index in [1.54, 1.807) is 19.1 Å². The van der Waals surface area contributed by atoms with E-state index in [2.05, 4.69) is 12.6 Å². The Bertz CT molecular complexity index is 454. The van der Waals surface area contributed by atoms with Gasteiger partial charge in [0.2, 0.25) is 0 Å². The van der Waals surface area contributed by atoms with Crippen molar-refractivity contribution in [1.29, 1.82) is 5.26 Å². The minimum atomic E-state index is -0.373. The summed E-state index contributed by atoms with van der Waals surface area (Å²) < 4.78 is 4.80. The number of carbonyl (C=O) groups is 1. The van der Waals surface area contributed by atoms with Crippen LogP contribution >= 0.6 is 24.2 Å². The predicted molar refractivity (Wildman–Crippen MR) is 63.8 cm³/mol. The summed E-state index contributed by atoms with van der Waals surface area (Å²) >= 11 is 9.97. The SMILES string of the molecule is CCOC(=O)Cc1cc(Cl)c(S)cc1C#N. The Kier molecular flexibility index (Phi) is 4.66. The molecule has 0 N–H and O–H groups in total. The first-order valence-corrected chi connectivity index (χ1v) is 5.48. The third-order valence-corrected chi connectivity index (χ3v) is 2.75. The van der Waals surface area contributed by atoms with Gasteiger partial charge in [-0.15, -0.1) is 12.6 Å². The van der Waals surface area contributed by atoms with E-state index in [1.807, 2.05) is 6.07 Å². The van der Waals surface area contributed by atoms with Gasteiger partial charge >= 0.3 is 5.97 Å². The molecule has 5 heteroatoms. The molecule has 0 atom stereocenters. The maximum Gasteiger partial charge on any atom is 0.310 e. The molecule has 0 unspecified atom stereocenters. The number of ether oxygens (including phenoxy) is 1. The number of nitrogens with zero attached hydrogens (tertiary/aromatic N) is 1. The molecular weight excluding hydrogens is 246 g/mol. The molecule has 0 aliphatic carbocycles. The van der Waals surface area contributed by atoms with Crippen molar-refractivity contribution in [2.45, 2.75) is 18.2 Å². The van der Waals surface area contributed by atoms with Crippen molar-refractivity contribution in [2.75, 3.05) is 6.61 Å². The van der Waals surface area contributed by atoms with Gasteiger partial charge in [0.15, 0.2) is 0 Å². The van der Waals surface area contributed by atoms with E-state index in [4.69, 9.17) is 21.6 Å². The van der Waals surface area contributed by atoms with Crippen LogP contribution in [-0.2, 0) is 16.0 Å². The molecule has 0 saturated heterocycles. The number of esters is 1. The summed E-state index contributed by atoms with van der Waals surface area (Å²) in [4.78, 5) is 11.8. The Labute approximate surface area is 104 Å². The number of carbonyl (C=O) groups excluding carboxylic acids is 1. The van der Waals surface area contributed by atoms with Crippen LogP contribution < -0.4 is 0 Å². The third kappa shape index (κ3) is 3.16. The summed E-state index contributed by atoms with van der Waals surface area (Å²) in [5.74, 6) is -0.373. The number of halogens is 1. The summed E-state index contributed by atoms with van der Waals surface area (Å²) in [7, 11) is 0. The molecule has 0 aliphatic rings. The van der Waals surface area contributed by atoms with E-state index < -0.39 is 0 Å². The van der Waals surface area contributed by atoms with E-state index >= 15 is 0 Å². The van der Waals surface area contributed by atoms with Gasteiger partial charge < -0.3 is 4.74 Å². The molecule has 0 heterocycles. The van der Waals surface area contributed by atoms with Crippen LogP contribution in [0.4, 0.5) is 0 Å². The molecule has 0 aliphatic heterocycles. The van der Waals surface area contributed by atoms with E-state index in [1.165, 1.54) is 0 Å². The van der Waals surface area contributed by atoms with Gasteiger partial charge in [0.25, 0.3) is 0 Å². The van der Waals surface area contributed by atoms with Crippen molar-refractivity contribution < 1.29 is 9.53 Å². The van der Waals surface area contributed by atoms with Crippen molar-refractivity contribution in [3.05, 3.63) is 28.3 Å². The van der Waals surface area contributed by atoms with Gasteiger partial charge in [-0.2, -0.15) is 5.26 Å². The Morgan fingerprint density at radius 2 is 2.31 bits per heavy atom. The van der Waals surface area contributed by atoms with Crippen LogP contribution in [0.15, 0.2) is 17.0 Å². The predicted octanol–water partition coefficient (Wildman–Crippen LogP) is 2.61. The Balaban J connectivity index is 3.00. The summed E-state index contributed by atoms with van der Waals surface area (Å²) in [6, 6.07) is 5.11. The highest BCUT2D eigenvalue weighted by Crippen LogP contribution is 2.24. The van der Waals surface area contributed by atoms with E-state index in [0.717, 1.165) is 0 Å². The van der Waals surface area contributed by atoms with Crippen molar-refractivity contribution in [3.8, 4) is 6.07 Å². The molecule has 0 radical (unpaired) electrons. The molecule has 0 fully saturated rings. The highest BCUT2D eigenvalue weighted by atomic mass is 35.5. The average Bonchev–Trinajstić information content (AvgIpc) is 2.23. The quantitative estimate of drug-likeness (QED) is 0.667. The molecule has 0 amide bonds. The van der Waals surface area contributed by atoms with Crippen LogP contribution in [-0.4, -0.2) is 12.6 Å². The maximum atomic E-state index is 11.3. The van der Waals surface area contributed by atoms with E-state index in [0.29, 0.717) is 27.7 Å². The summed E-state index contributed by atoms with van der Waals surface area (Å²) in [6.07, 6.45) is 0.0461. The normalized spacial score (nSPS) is 9.62. The van der Waals surface area contributed by atoms with Gasteiger partial charge in [-0.25, -0.2) is 0 Å². The first-order chi connectivity index (χ1) is 7.58. The van der Waals surface area contributed by atoms with Crippen molar-refractivity contribution in [1.82, 2.24) is 0 Å². The van der Waals surface area contributed by atoms with Crippen molar-refractivity contribution >= 4 is 30.2 Å². The lowest BCUT2D eigenvalue weighted by Gasteiger charge is -2.06. The molecule has 1 rings (SSSR count). The van der Waals surface area contributed by atoms with Gasteiger partial charge in [0.1, 0.15) is 0 Å². The smallest absolute Gasteiger partial charge is 0.310 e. The molecule has 0 saturated carbocycles. The first kappa shape index (κ1) is 12.9. The second kappa shape index (κ2) is 5.78. The Hall–Kier alpha value is -1.18. The lowest BCUT2D eigenvalue weighted by atomic mass is 10.1. The number of thiol groups is 1. The average molecular weight is 256 g/mol. The lowest BCUT2D eigenvalue weighted by molar-refractivity contribution is -0.142. The Morgan fingerprint density at radius 3 is 2.88 bits per heavy atom. The Morgan fingerprint density at radius 1 is 1.62 bits per heavy atom. The standard InChI is InChI=1S/C11H10ClNO2S/c1-2-15-11(14)5-7-3-9(12)10(16)4-8(7)6-13/h3-4,16H,2,5H2,1H3. The topological polar surface area (TPSA) is 50.1 Å². The lowest BCUT2D eigenvalue weighted by Crippen LogP contribution is -2.08. The fourth-order valence-electron chi connectivity index (χ4n) is 1.22. The van der Waals surface area contributed by atoms with Crippen LogP contribution in [0.5, 0.6) is 0 Å². The van der Waals surface area contributed by atoms with Crippen LogP contribution in [0.3, 0.4) is 0 Å². The summed E-state index contributed by atoms with van der Waals surface area (Å²) in [5, 5.41) is 9.32. The van der Waals surface area contributed by atoms with E-state index in [-0.39, 0.29) is 12.4 Å². The molecule has 16 heavy (non-hydrogen) atoms. The van der Waals surface area contributed by atoms with Crippen molar-refractivity contribution in [2.24, 2.45) is 0 Å². The molecule has 84 valence electrons. The summed E-state index contributed by atoms with van der Waals surface area (Å²) in [5.41, 5.74) is 0.950. The number of benzene rings is 1. The minimum absolute atomic E-state index is 0.0461. The number of rotatable bonds is 3. The molecule has 1 aromatic rings. The van der Waals surface area contributed by atoms with Crippen LogP contribution in [0, 0.1) is 11.3 Å². The van der Waals surface area contributed by atoms with Gasteiger partial charge in [0.05, 0.1) is 29.7 Å². The molecule has 0 aromatic heterocycles. The first-order valence-electron chi connectivity index (χ1n) is 4.65. The third-order valence-electron chi connectivity index (χ3n) is 1.93. The molecule has 0 bridgehead atoms. The van der Waals surface area contributed by atoms with E-state index in [9.17, 15) is 4.79 Å². The summed E-state index contributed by atoms with van der Waals surface area (Å²) in [6.45, 7) is 2.05. The van der Waals surface area contributed by atoms with Gasteiger partial charge in [-0.3, -0.25) is 4.79 Å². The van der Waals surface area contributed by atoms with Gasteiger partial charge in [0, 0.05) is 4.90 Å². The van der Waals surface area contributed by atoms with Gasteiger partial charge in [-0.05, 0) is 24.6 Å². The number of hydrogen-bond donors (Lipinski definition) is 1. The number of hydrogen-bond acceptors (Lipinski definition) is 4. The largest absolute Gasteiger partial charge is 0.466 e. The zero-order valence-corrected chi connectivity index (χ0v) is 10.3. The molecule has 3 nitrogen and oxygen atoms in total. The monoisotopic (exact) mass is 255 g/mol. The maximum absolute atomic E-state index is 11.3. The highest BCUT2D eigenvalue weighted by Gasteiger charge is 2.11. The zero-order valence-electron chi connectivity index (χ0n) is 8.66. The molecule has 1 aromatic carbocycles. The zero-order chi connectivity index (χ0) is 12.1. The van der Waals surface area contributed by atoms with Crippen molar-refractivity contribution in [3.63, 3.8) is 0 Å². The number of nitriles is 1. The van der Waals surface area contributed by atoms with Gasteiger partial charge in [-0.1, -0.05) is 11.6 Å². The second-order valence-electron chi connectivity index (χ2n) is 3.05.